The fraction of sp³-hybridized carbons (Fsp3) is 0.412. The highest BCUT2D eigenvalue weighted by Crippen LogP contribution is 2.20. The first-order chi connectivity index (χ1) is 10.3. The van der Waals surface area contributed by atoms with Crippen molar-refractivity contribution in [1.82, 2.24) is 4.90 Å². The summed E-state index contributed by atoms with van der Waals surface area (Å²) in [6.45, 7) is 6.88. The average molecular weight is 286 g/mol. The molecule has 112 valence electrons. The van der Waals surface area contributed by atoms with Crippen LogP contribution in [0.3, 0.4) is 0 Å². The fourth-order valence-electron chi connectivity index (χ4n) is 2.58. The minimum Gasteiger partial charge on any atom is -0.472 e. The lowest BCUT2D eigenvalue weighted by atomic mass is 10.1. The maximum Gasteiger partial charge on any atom is 0.0955 e. The van der Waals surface area contributed by atoms with E-state index in [4.69, 9.17) is 9.15 Å². The van der Waals surface area contributed by atoms with Crippen molar-refractivity contribution >= 4 is 5.69 Å². The normalized spacial score (nSPS) is 17.6. The van der Waals surface area contributed by atoms with Crippen LogP contribution < -0.4 is 5.32 Å². The zero-order chi connectivity index (χ0) is 14.5. The van der Waals surface area contributed by atoms with Gasteiger partial charge < -0.3 is 14.5 Å². The van der Waals surface area contributed by atoms with Gasteiger partial charge in [-0.05, 0) is 30.7 Å². The first-order valence-electron chi connectivity index (χ1n) is 7.49. The van der Waals surface area contributed by atoms with Crippen LogP contribution in [-0.4, -0.2) is 31.2 Å². The van der Waals surface area contributed by atoms with E-state index in [0.29, 0.717) is 0 Å². The van der Waals surface area contributed by atoms with Gasteiger partial charge >= 0.3 is 0 Å². The minimum absolute atomic E-state index is 0.244. The van der Waals surface area contributed by atoms with Crippen molar-refractivity contribution in [1.29, 1.82) is 0 Å². The summed E-state index contributed by atoms with van der Waals surface area (Å²) in [5, 5.41) is 3.48. The molecule has 0 radical (unpaired) electrons. The molecule has 0 spiro atoms. The standard InChI is InChI=1S/C17H22N2O2/c1-14(16-6-9-21-13-16)18-17-4-2-15(3-5-17)12-19-7-10-20-11-8-19/h2-6,9,13-14,18H,7-8,10-12H2,1H3. The third-order valence-corrected chi connectivity index (χ3v) is 3.89. The molecule has 1 aliphatic heterocycles. The van der Waals surface area contributed by atoms with Crippen LogP contribution in [0.5, 0.6) is 0 Å². The Bertz CT molecular complexity index is 530. The van der Waals surface area contributed by atoms with Gasteiger partial charge in [0.05, 0.1) is 31.8 Å². The molecule has 4 nitrogen and oxygen atoms in total. The van der Waals surface area contributed by atoms with Crippen molar-refractivity contribution < 1.29 is 9.15 Å². The fourth-order valence-corrected chi connectivity index (χ4v) is 2.58. The number of hydrogen-bond donors (Lipinski definition) is 1. The molecule has 3 rings (SSSR count). The van der Waals surface area contributed by atoms with E-state index in [0.717, 1.165) is 44.1 Å². The lowest BCUT2D eigenvalue weighted by molar-refractivity contribution is 0.0342. The maximum absolute atomic E-state index is 5.38. The lowest BCUT2D eigenvalue weighted by Gasteiger charge is -2.26. The van der Waals surface area contributed by atoms with Gasteiger partial charge in [0.1, 0.15) is 0 Å². The molecule has 1 fully saturated rings. The number of nitrogens with one attached hydrogen (secondary N) is 1. The summed E-state index contributed by atoms with van der Waals surface area (Å²) in [4.78, 5) is 2.43. The summed E-state index contributed by atoms with van der Waals surface area (Å²) >= 11 is 0. The van der Waals surface area contributed by atoms with Crippen LogP contribution in [0.4, 0.5) is 5.69 Å². The van der Waals surface area contributed by atoms with E-state index in [1.54, 1.807) is 12.5 Å². The Balaban J connectivity index is 1.56. The van der Waals surface area contributed by atoms with Gasteiger partial charge in [-0.2, -0.15) is 0 Å². The topological polar surface area (TPSA) is 37.6 Å². The second-order valence-electron chi connectivity index (χ2n) is 5.51. The van der Waals surface area contributed by atoms with Crippen molar-refractivity contribution in [3.8, 4) is 0 Å². The Kier molecular flexibility index (Phi) is 4.58. The van der Waals surface area contributed by atoms with Crippen LogP contribution in [0, 0.1) is 0 Å². The number of benzene rings is 1. The smallest absolute Gasteiger partial charge is 0.0955 e. The Morgan fingerprint density at radius 1 is 1.14 bits per heavy atom. The van der Waals surface area contributed by atoms with Gasteiger partial charge in [0.2, 0.25) is 0 Å². The summed E-state index contributed by atoms with van der Waals surface area (Å²) < 4.78 is 10.5. The quantitative estimate of drug-likeness (QED) is 0.915. The summed E-state index contributed by atoms with van der Waals surface area (Å²) in [6, 6.07) is 10.9. The molecule has 1 N–H and O–H groups in total. The predicted molar refractivity (Wildman–Crippen MR) is 83.3 cm³/mol. The monoisotopic (exact) mass is 286 g/mol. The zero-order valence-electron chi connectivity index (χ0n) is 12.4. The van der Waals surface area contributed by atoms with Crippen LogP contribution in [0.1, 0.15) is 24.1 Å². The Morgan fingerprint density at radius 3 is 2.57 bits per heavy atom. The van der Waals surface area contributed by atoms with E-state index in [1.807, 2.05) is 6.07 Å². The van der Waals surface area contributed by atoms with Gasteiger partial charge in [0, 0.05) is 30.9 Å². The molecule has 0 bridgehead atoms. The molecule has 0 saturated carbocycles. The minimum atomic E-state index is 0.244. The Labute approximate surface area is 125 Å². The summed E-state index contributed by atoms with van der Waals surface area (Å²) in [6.07, 6.45) is 3.49. The van der Waals surface area contributed by atoms with E-state index in [9.17, 15) is 0 Å². The number of furan rings is 1. The van der Waals surface area contributed by atoms with Crippen LogP contribution in [0.15, 0.2) is 47.3 Å². The van der Waals surface area contributed by atoms with E-state index >= 15 is 0 Å². The first-order valence-corrected chi connectivity index (χ1v) is 7.49. The summed E-state index contributed by atoms with van der Waals surface area (Å²) in [7, 11) is 0. The Morgan fingerprint density at radius 2 is 1.90 bits per heavy atom. The van der Waals surface area contributed by atoms with Crippen LogP contribution in [-0.2, 0) is 11.3 Å². The van der Waals surface area contributed by atoms with E-state index in [2.05, 4.69) is 41.4 Å². The molecule has 1 unspecified atom stereocenters. The second kappa shape index (κ2) is 6.78. The van der Waals surface area contributed by atoms with Crippen molar-refractivity contribution in [2.75, 3.05) is 31.6 Å². The number of ether oxygens (including phenoxy) is 1. The van der Waals surface area contributed by atoms with Gasteiger partial charge in [-0.1, -0.05) is 12.1 Å². The van der Waals surface area contributed by atoms with E-state index < -0.39 is 0 Å². The molecule has 4 heteroatoms. The second-order valence-corrected chi connectivity index (χ2v) is 5.51. The molecule has 2 aromatic rings. The summed E-state index contributed by atoms with van der Waals surface area (Å²) in [5.41, 5.74) is 3.64. The SMILES string of the molecule is CC(Nc1ccc(CN2CCOCC2)cc1)c1ccoc1. The number of anilines is 1. The van der Waals surface area contributed by atoms with Crippen molar-refractivity contribution in [2.45, 2.75) is 19.5 Å². The third kappa shape index (κ3) is 3.86. The molecule has 1 aromatic heterocycles. The van der Waals surface area contributed by atoms with Crippen LogP contribution in [0.25, 0.3) is 0 Å². The highest BCUT2D eigenvalue weighted by atomic mass is 16.5. The number of nitrogens with zero attached hydrogens (tertiary/aromatic N) is 1. The third-order valence-electron chi connectivity index (χ3n) is 3.89. The molecule has 1 saturated heterocycles. The number of rotatable bonds is 5. The Hall–Kier alpha value is -1.78. The van der Waals surface area contributed by atoms with Gasteiger partial charge in [0.25, 0.3) is 0 Å². The van der Waals surface area contributed by atoms with Gasteiger partial charge in [0.15, 0.2) is 0 Å². The maximum atomic E-state index is 5.38. The van der Waals surface area contributed by atoms with Gasteiger partial charge in [-0.25, -0.2) is 0 Å². The highest BCUT2D eigenvalue weighted by molar-refractivity contribution is 5.46. The van der Waals surface area contributed by atoms with Crippen molar-refractivity contribution in [3.63, 3.8) is 0 Å². The highest BCUT2D eigenvalue weighted by Gasteiger charge is 2.11. The van der Waals surface area contributed by atoms with Gasteiger partial charge in [-0.3, -0.25) is 4.90 Å². The van der Waals surface area contributed by atoms with E-state index in [-0.39, 0.29) is 6.04 Å². The zero-order valence-corrected chi connectivity index (χ0v) is 12.4. The predicted octanol–water partition coefficient (Wildman–Crippen LogP) is 3.28. The van der Waals surface area contributed by atoms with Crippen molar-refractivity contribution in [2.24, 2.45) is 0 Å². The first kappa shape index (κ1) is 14.2. The molecule has 0 amide bonds. The molecule has 21 heavy (non-hydrogen) atoms. The van der Waals surface area contributed by atoms with E-state index in [1.165, 1.54) is 5.56 Å². The molecule has 1 atom stereocenters. The lowest BCUT2D eigenvalue weighted by Crippen LogP contribution is -2.35. The average Bonchev–Trinajstić information content (AvgIpc) is 3.05. The largest absolute Gasteiger partial charge is 0.472 e. The van der Waals surface area contributed by atoms with Gasteiger partial charge in [-0.15, -0.1) is 0 Å². The van der Waals surface area contributed by atoms with Crippen LogP contribution in [0.2, 0.25) is 0 Å². The number of morpholine rings is 1. The molecule has 1 aliphatic rings. The molecular formula is C17H22N2O2. The molecule has 2 heterocycles. The van der Waals surface area contributed by atoms with Crippen molar-refractivity contribution in [3.05, 3.63) is 54.0 Å². The molecule has 1 aromatic carbocycles. The summed E-state index contributed by atoms with van der Waals surface area (Å²) in [5.74, 6) is 0. The van der Waals surface area contributed by atoms with Crippen LogP contribution >= 0.6 is 0 Å². The number of hydrogen-bond acceptors (Lipinski definition) is 4. The molecular weight excluding hydrogens is 264 g/mol. The molecule has 0 aliphatic carbocycles.